The van der Waals surface area contributed by atoms with E-state index in [9.17, 15) is 14.7 Å². The molecule has 3 aliphatic heterocycles. The predicted octanol–water partition coefficient (Wildman–Crippen LogP) is 4.69. The van der Waals surface area contributed by atoms with Gasteiger partial charge in [0.15, 0.2) is 17.3 Å². The molecule has 4 aliphatic rings. The topological polar surface area (TPSA) is 97.3 Å². The quantitative estimate of drug-likeness (QED) is 0.276. The number of carbonyl (C=O) groups excluding carboxylic acids is 2. The number of Topliss-reactive ketones (excluding diaryl/α,β-unsaturated/α-hetero) is 1. The Morgan fingerprint density at radius 1 is 0.975 bits per heavy atom. The fourth-order valence-electron chi connectivity index (χ4n) is 6.30. The summed E-state index contributed by atoms with van der Waals surface area (Å²) in [4.78, 5) is 28.0. The highest BCUT2D eigenvalue weighted by atomic mass is 16.6. The molecule has 8 heteroatoms. The van der Waals surface area contributed by atoms with Gasteiger partial charge < -0.3 is 24.6 Å². The molecule has 216 valence electrons. The number of nitrogens with zero attached hydrogens (tertiary/aromatic N) is 1. The second-order valence-corrected chi connectivity index (χ2v) is 11.4. The molecule has 0 radical (unpaired) electrons. The van der Waals surface area contributed by atoms with Crippen LogP contribution in [0.3, 0.4) is 0 Å². The first-order chi connectivity index (χ1) is 19.5. The highest BCUT2D eigenvalue weighted by Crippen LogP contribution is 2.37. The highest BCUT2D eigenvalue weighted by molar-refractivity contribution is 5.96. The molecule has 2 aromatic rings. The molecule has 2 saturated heterocycles. The largest absolute Gasteiger partial charge is 0.497 e. The van der Waals surface area contributed by atoms with E-state index in [0.29, 0.717) is 73.6 Å². The van der Waals surface area contributed by atoms with Crippen molar-refractivity contribution in [2.75, 3.05) is 33.4 Å². The summed E-state index contributed by atoms with van der Waals surface area (Å²) in [7, 11) is 1.60. The molecule has 8 nitrogen and oxygen atoms in total. The summed E-state index contributed by atoms with van der Waals surface area (Å²) in [5.74, 6) is 2.80. The summed E-state index contributed by atoms with van der Waals surface area (Å²) in [6, 6.07) is 12.8. The SMILES string of the molecule is COc1ccc(C(=O)CCCCCC(=O)N[C@H](CN2CC3CCC2CC3)[C@H](O)c2ccc3c(c2)OCCO3)cc1. The molecule has 6 rings (SSSR count). The van der Waals surface area contributed by atoms with Gasteiger partial charge >= 0.3 is 0 Å². The van der Waals surface area contributed by atoms with Crippen LogP contribution in [0.15, 0.2) is 42.5 Å². The smallest absolute Gasteiger partial charge is 0.220 e. The Balaban J connectivity index is 1.14. The number of ketones is 1. The average molecular weight is 551 g/mol. The van der Waals surface area contributed by atoms with Crippen molar-refractivity contribution in [1.82, 2.24) is 10.2 Å². The first kappa shape index (κ1) is 28.4. The zero-order valence-electron chi connectivity index (χ0n) is 23.5. The molecule has 2 atom stereocenters. The minimum Gasteiger partial charge on any atom is -0.497 e. The second kappa shape index (κ2) is 13.5. The zero-order valence-corrected chi connectivity index (χ0v) is 23.5. The van der Waals surface area contributed by atoms with E-state index in [4.69, 9.17) is 14.2 Å². The zero-order chi connectivity index (χ0) is 27.9. The lowest BCUT2D eigenvalue weighted by Crippen LogP contribution is -2.55. The Morgan fingerprint density at radius 3 is 2.40 bits per heavy atom. The molecule has 1 aliphatic carbocycles. The number of ether oxygens (including phenoxy) is 3. The molecule has 1 saturated carbocycles. The molecular formula is C32H42N2O6. The van der Waals surface area contributed by atoms with E-state index in [1.54, 1.807) is 31.4 Å². The van der Waals surface area contributed by atoms with Crippen molar-refractivity contribution in [3.63, 3.8) is 0 Å². The minimum atomic E-state index is -0.859. The van der Waals surface area contributed by atoms with Crippen LogP contribution in [0, 0.1) is 5.92 Å². The molecular weight excluding hydrogens is 508 g/mol. The lowest BCUT2D eigenvalue weighted by atomic mass is 9.79. The molecule has 40 heavy (non-hydrogen) atoms. The predicted molar refractivity (Wildman–Crippen MR) is 152 cm³/mol. The number of benzene rings is 2. The third-order valence-corrected chi connectivity index (χ3v) is 8.61. The maximum atomic E-state index is 13.0. The Labute approximate surface area is 237 Å². The van der Waals surface area contributed by atoms with Gasteiger partial charge in [-0.05, 0) is 86.4 Å². The van der Waals surface area contributed by atoms with Gasteiger partial charge in [-0.15, -0.1) is 0 Å². The molecule has 0 spiro atoms. The van der Waals surface area contributed by atoms with Gasteiger partial charge in [0.1, 0.15) is 25.1 Å². The van der Waals surface area contributed by atoms with Gasteiger partial charge in [0.05, 0.1) is 13.2 Å². The summed E-state index contributed by atoms with van der Waals surface area (Å²) in [5, 5.41) is 14.6. The maximum Gasteiger partial charge on any atom is 0.220 e. The first-order valence-corrected chi connectivity index (χ1v) is 14.8. The van der Waals surface area contributed by atoms with Crippen molar-refractivity contribution in [3.05, 3.63) is 53.6 Å². The number of fused-ring (bicyclic) bond motifs is 4. The van der Waals surface area contributed by atoms with E-state index in [-0.39, 0.29) is 11.7 Å². The van der Waals surface area contributed by atoms with E-state index >= 15 is 0 Å². The molecule has 1 amide bonds. The molecule has 3 heterocycles. The van der Waals surface area contributed by atoms with Crippen LogP contribution in [0.2, 0.25) is 0 Å². The minimum absolute atomic E-state index is 0.0646. The summed E-state index contributed by atoms with van der Waals surface area (Å²) in [5.41, 5.74) is 1.40. The van der Waals surface area contributed by atoms with Gasteiger partial charge in [0.2, 0.25) is 5.91 Å². The lowest BCUT2D eigenvalue weighted by molar-refractivity contribution is -0.123. The molecule has 3 fully saturated rings. The summed E-state index contributed by atoms with van der Waals surface area (Å²) in [6.07, 6.45) is 7.14. The number of methoxy groups -OCH3 is 1. The van der Waals surface area contributed by atoms with E-state index in [1.807, 2.05) is 18.2 Å². The normalized spacial score (nSPS) is 21.4. The molecule has 0 unspecified atom stereocenters. The van der Waals surface area contributed by atoms with Crippen LogP contribution in [0.25, 0.3) is 0 Å². The molecule has 2 bridgehead atoms. The summed E-state index contributed by atoms with van der Waals surface area (Å²) < 4.78 is 16.5. The number of aliphatic hydroxyl groups excluding tert-OH is 1. The van der Waals surface area contributed by atoms with Crippen molar-refractivity contribution in [2.24, 2.45) is 5.92 Å². The number of hydrogen-bond donors (Lipinski definition) is 2. The summed E-state index contributed by atoms with van der Waals surface area (Å²) in [6.45, 7) is 2.65. The van der Waals surface area contributed by atoms with E-state index in [0.717, 1.165) is 25.1 Å². The number of aliphatic hydroxyl groups is 1. The Bertz CT molecular complexity index is 1140. The molecule has 0 aromatic heterocycles. The number of rotatable bonds is 13. The first-order valence-electron chi connectivity index (χ1n) is 14.8. The van der Waals surface area contributed by atoms with Crippen molar-refractivity contribution < 1.29 is 28.9 Å². The number of hydrogen-bond acceptors (Lipinski definition) is 7. The second-order valence-electron chi connectivity index (χ2n) is 11.4. The highest BCUT2D eigenvalue weighted by Gasteiger charge is 2.36. The van der Waals surface area contributed by atoms with Crippen molar-refractivity contribution in [2.45, 2.75) is 76.0 Å². The Kier molecular flexibility index (Phi) is 9.60. The van der Waals surface area contributed by atoms with Crippen LogP contribution in [-0.4, -0.2) is 67.2 Å². The number of piperidine rings is 2. The molecule has 2 aromatic carbocycles. The Hall–Kier alpha value is -3.10. The van der Waals surface area contributed by atoms with Crippen LogP contribution in [-0.2, 0) is 4.79 Å². The van der Waals surface area contributed by atoms with Crippen LogP contribution >= 0.6 is 0 Å². The fourth-order valence-corrected chi connectivity index (χ4v) is 6.30. The standard InChI is InChI=1S/C32H42N2O6/c1-38-26-14-9-23(10-15-26)28(35)5-3-2-4-6-31(36)33-27(21-34-20-22-7-12-25(34)13-8-22)32(37)24-11-16-29-30(19-24)40-18-17-39-29/h9-11,14-16,19,22,25,27,32,37H,2-8,12-13,17-18,20-21H2,1H3,(H,33,36)/t22?,25?,27-,32-/m1/s1. The maximum absolute atomic E-state index is 13.0. The number of amides is 1. The van der Waals surface area contributed by atoms with Crippen molar-refractivity contribution in [1.29, 1.82) is 0 Å². The van der Waals surface area contributed by atoms with Gasteiger partial charge in [-0.25, -0.2) is 0 Å². The van der Waals surface area contributed by atoms with Gasteiger partial charge in [0, 0.05) is 37.5 Å². The average Bonchev–Trinajstić information content (AvgIpc) is 3.00. The van der Waals surface area contributed by atoms with Gasteiger partial charge in [-0.2, -0.15) is 0 Å². The van der Waals surface area contributed by atoms with Crippen LogP contribution in [0.5, 0.6) is 17.2 Å². The number of unbranched alkanes of at least 4 members (excludes halogenated alkanes) is 2. The number of nitrogens with one attached hydrogen (secondary N) is 1. The van der Waals surface area contributed by atoms with Gasteiger partial charge in [-0.3, -0.25) is 14.5 Å². The number of carbonyl (C=O) groups is 2. The lowest BCUT2D eigenvalue weighted by Gasteiger charge is -2.47. The van der Waals surface area contributed by atoms with E-state index < -0.39 is 12.1 Å². The van der Waals surface area contributed by atoms with E-state index in [1.165, 1.54) is 25.7 Å². The fraction of sp³-hybridized carbons (Fsp3) is 0.562. The third-order valence-electron chi connectivity index (χ3n) is 8.61. The van der Waals surface area contributed by atoms with Crippen LogP contribution < -0.4 is 19.5 Å². The van der Waals surface area contributed by atoms with E-state index in [2.05, 4.69) is 10.2 Å². The van der Waals surface area contributed by atoms with Gasteiger partial charge in [-0.1, -0.05) is 12.5 Å². The van der Waals surface area contributed by atoms with Crippen LogP contribution in [0.4, 0.5) is 0 Å². The molecule has 2 N–H and O–H groups in total. The van der Waals surface area contributed by atoms with Crippen LogP contribution in [0.1, 0.15) is 79.8 Å². The van der Waals surface area contributed by atoms with Crippen molar-refractivity contribution >= 4 is 11.7 Å². The van der Waals surface area contributed by atoms with Gasteiger partial charge in [0.25, 0.3) is 0 Å². The van der Waals surface area contributed by atoms with Crippen molar-refractivity contribution in [3.8, 4) is 17.2 Å². The summed E-state index contributed by atoms with van der Waals surface area (Å²) >= 11 is 0. The monoisotopic (exact) mass is 550 g/mol. The third kappa shape index (κ3) is 7.15. The Morgan fingerprint density at radius 2 is 1.70 bits per heavy atom.